The van der Waals surface area contributed by atoms with Crippen LogP contribution in [0.1, 0.15) is 36.1 Å². The molecule has 0 spiro atoms. The number of rotatable bonds is 7. The first-order chi connectivity index (χ1) is 15.1. The average molecular weight is 420 g/mol. The Bertz CT molecular complexity index is 1060. The van der Waals surface area contributed by atoms with E-state index in [0.29, 0.717) is 0 Å². The van der Waals surface area contributed by atoms with Crippen LogP contribution < -0.4 is 10.3 Å². The van der Waals surface area contributed by atoms with Crippen molar-refractivity contribution >= 4 is 0 Å². The van der Waals surface area contributed by atoms with Crippen molar-refractivity contribution in [1.29, 1.82) is 0 Å². The van der Waals surface area contributed by atoms with E-state index in [1.54, 1.807) is 11.8 Å². The molecule has 0 N–H and O–H groups in total. The maximum absolute atomic E-state index is 12.9. The van der Waals surface area contributed by atoms with Crippen LogP contribution in [0.15, 0.2) is 59.4 Å². The maximum atomic E-state index is 12.9. The van der Waals surface area contributed by atoms with Crippen LogP contribution in [0.3, 0.4) is 0 Å². The number of nitrogens with zero attached hydrogens (tertiary/aromatic N) is 3. The number of piperidine rings is 1. The number of para-hydroxylation sites is 2. The third-order valence-corrected chi connectivity index (χ3v) is 6.73. The monoisotopic (exact) mass is 419 g/mol. The van der Waals surface area contributed by atoms with Crippen molar-refractivity contribution in [1.82, 2.24) is 14.3 Å². The van der Waals surface area contributed by atoms with E-state index >= 15 is 0 Å². The van der Waals surface area contributed by atoms with Gasteiger partial charge >= 0.3 is 0 Å². The Kier molecular flexibility index (Phi) is 6.62. The molecule has 4 rings (SSSR count). The van der Waals surface area contributed by atoms with Gasteiger partial charge in [0.1, 0.15) is 5.75 Å². The van der Waals surface area contributed by atoms with E-state index in [4.69, 9.17) is 4.74 Å². The van der Waals surface area contributed by atoms with Crippen molar-refractivity contribution in [3.63, 3.8) is 0 Å². The zero-order chi connectivity index (χ0) is 21.8. The molecule has 0 amide bonds. The van der Waals surface area contributed by atoms with Gasteiger partial charge in [-0.3, -0.25) is 14.4 Å². The molecule has 0 aliphatic carbocycles. The first kappa shape index (κ1) is 21.4. The Hall–Kier alpha value is -2.79. The molecule has 2 heterocycles. The maximum Gasteiger partial charge on any atom is 0.274 e. The molecule has 5 nitrogen and oxygen atoms in total. The SMILES string of the molecule is COc1ccccc1CCC1CCN(Cc2c(C)c(=O)n(-c3ccccc3)n2C)CC1. The molecule has 31 heavy (non-hydrogen) atoms. The number of benzene rings is 2. The van der Waals surface area contributed by atoms with Gasteiger partial charge in [-0.1, -0.05) is 36.4 Å². The Morgan fingerprint density at radius 1 is 1.00 bits per heavy atom. The molecule has 0 radical (unpaired) electrons. The standard InChI is InChI=1S/C26H33N3O2/c1-20-24(27(2)29(26(20)30)23-10-5-4-6-11-23)19-28-17-15-21(16-18-28)13-14-22-9-7-8-12-25(22)31-3/h4-12,21H,13-19H2,1-3H3. The van der Waals surface area contributed by atoms with Crippen molar-refractivity contribution < 1.29 is 4.74 Å². The molecule has 0 saturated carbocycles. The molecule has 2 aromatic carbocycles. The van der Waals surface area contributed by atoms with Gasteiger partial charge in [0, 0.05) is 19.2 Å². The van der Waals surface area contributed by atoms with E-state index in [-0.39, 0.29) is 5.56 Å². The van der Waals surface area contributed by atoms with Gasteiger partial charge in [-0.15, -0.1) is 0 Å². The Balaban J connectivity index is 1.37. The van der Waals surface area contributed by atoms with Crippen LogP contribution >= 0.6 is 0 Å². The summed E-state index contributed by atoms with van der Waals surface area (Å²) < 4.78 is 9.31. The van der Waals surface area contributed by atoms with E-state index in [0.717, 1.165) is 54.7 Å². The molecule has 0 atom stereocenters. The fourth-order valence-electron chi connectivity index (χ4n) is 4.78. The lowest BCUT2D eigenvalue weighted by atomic mass is 9.90. The number of aryl methyl sites for hydroxylation is 1. The third-order valence-electron chi connectivity index (χ3n) is 6.73. The Labute approximate surface area is 184 Å². The fourth-order valence-corrected chi connectivity index (χ4v) is 4.78. The minimum atomic E-state index is 0.0791. The number of hydrogen-bond donors (Lipinski definition) is 0. The van der Waals surface area contributed by atoms with Crippen LogP contribution in [-0.4, -0.2) is 34.5 Å². The summed E-state index contributed by atoms with van der Waals surface area (Å²) in [6.07, 6.45) is 4.70. The lowest BCUT2D eigenvalue weighted by Crippen LogP contribution is -2.34. The highest BCUT2D eigenvalue weighted by Crippen LogP contribution is 2.26. The summed E-state index contributed by atoms with van der Waals surface area (Å²) in [7, 11) is 3.74. The molecule has 3 aromatic rings. The lowest BCUT2D eigenvalue weighted by molar-refractivity contribution is 0.168. The molecule has 0 unspecified atom stereocenters. The molecule has 1 fully saturated rings. The van der Waals surface area contributed by atoms with E-state index in [2.05, 4.69) is 17.0 Å². The lowest BCUT2D eigenvalue weighted by Gasteiger charge is -2.32. The predicted molar refractivity (Wildman–Crippen MR) is 125 cm³/mol. The summed E-state index contributed by atoms with van der Waals surface area (Å²) in [5.74, 6) is 1.75. The van der Waals surface area contributed by atoms with Crippen molar-refractivity contribution in [3.8, 4) is 11.4 Å². The fraction of sp³-hybridized carbons (Fsp3) is 0.423. The summed E-state index contributed by atoms with van der Waals surface area (Å²) >= 11 is 0. The van der Waals surface area contributed by atoms with Crippen molar-refractivity contribution in [2.24, 2.45) is 13.0 Å². The van der Waals surface area contributed by atoms with E-state index in [1.165, 1.54) is 24.8 Å². The van der Waals surface area contributed by atoms with Gasteiger partial charge in [-0.05, 0) is 75.4 Å². The highest BCUT2D eigenvalue weighted by Gasteiger charge is 2.23. The molecular formula is C26H33N3O2. The van der Waals surface area contributed by atoms with Crippen LogP contribution in [0.25, 0.3) is 5.69 Å². The molecule has 1 aliphatic rings. The van der Waals surface area contributed by atoms with Gasteiger partial charge in [0.15, 0.2) is 0 Å². The smallest absolute Gasteiger partial charge is 0.274 e. The summed E-state index contributed by atoms with van der Waals surface area (Å²) in [6.45, 7) is 4.95. The van der Waals surface area contributed by atoms with Crippen molar-refractivity contribution in [2.45, 2.75) is 39.2 Å². The van der Waals surface area contributed by atoms with Gasteiger partial charge in [0.05, 0.1) is 18.5 Å². The Morgan fingerprint density at radius 3 is 2.39 bits per heavy atom. The topological polar surface area (TPSA) is 39.4 Å². The minimum absolute atomic E-state index is 0.0791. The van der Waals surface area contributed by atoms with Crippen LogP contribution in [0.2, 0.25) is 0 Å². The number of ether oxygens (including phenoxy) is 1. The third kappa shape index (κ3) is 4.62. The van der Waals surface area contributed by atoms with Crippen LogP contribution in [0.5, 0.6) is 5.75 Å². The van der Waals surface area contributed by atoms with Gasteiger partial charge in [-0.25, -0.2) is 4.68 Å². The molecule has 1 aliphatic heterocycles. The van der Waals surface area contributed by atoms with Gasteiger partial charge in [-0.2, -0.15) is 0 Å². The second-order valence-corrected chi connectivity index (χ2v) is 8.62. The summed E-state index contributed by atoms with van der Waals surface area (Å²) in [5.41, 5.74) is 4.26. The zero-order valence-corrected chi connectivity index (χ0v) is 18.9. The Morgan fingerprint density at radius 2 is 1.68 bits per heavy atom. The minimum Gasteiger partial charge on any atom is -0.496 e. The molecule has 1 aromatic heterocycles. The first-order valence-electron chi connectivity index (χ1n) is 11.3. The second kappa shape index (κ2) is 9.56. The summed E-state index contributed by atoms with van der Waals surface area (Å²) in [5, 5.41) is 0. The second-order valence-electron chi connectivity index (χ2n) is 8.62. The zero-order valence-electron chi connectivity index (χ0n) is 18.9. The number of hydrogen-bond acceptors (Lipinski definition) is 3. The van der Waals surface area contributed by atoms with Gasteiger partial charge < -0.3 is 4.74 Å². The number of likely N-dealkylation sites (tertiary alicyclic amines) is 1. The molecule has 164 valence electrons. The van der Waals surface area contributed by atoms with Crippen LogP contribution in [-0.2, 0) is 20.0 Å². The molecule has 0 bridgehead atoms. The predicted octanol–water partition coefficient (Wildman–Crippen LogP) is 4.34. The average Bonchev–Trinajstić information content (AvgIpc) is 3.02. The normalized spacial score (nSPS) is 15.3. The number of aromatic nitrogens is 2. The van der Waals surface area contributed by atoms with E-state index < -0.39 is 0 Å². The highest BCUT2D eigenvalue weighted by atomic mass is 16.5. The van der Waals surface area contributed by atoms with Crippen molar-refractivity contribution in [3.05, 3.63) is 81.8 Å². The first-order valence-corrected chi connectivity index (χ1v) is 11.3. The molecular weight excluding hydrogens is 386 g/mol. The van der Waals surface area contributed by atoms with E-state index in [1.807, 2.05) is 61.1 Å². The summed E-state index contributed by atoms with van der Waals surface area (Å²) in [4.78, 5) is 15.4. The van der Waals surface area contributed by atoms with Gasteiger partial charge in [0.2, 0.25) is 0 Å². The van der Waals surface area contributed by atoms with Crippen molar-refractivity contribution in [2.75, 3.05) is 20.2 Å². The van der Waals surface area contributed by atoms with Crippen LogP contribution in [0.4, 0.5) is 0 Å². The van der Waals surface area contributed by atoms with Crippen LogP contribution in [0, 0.1) is 12.8 Å². The molecule has 1 saturated heterocycles. The largest absolute Gasteiger partial charge is 0.496 e. The summed E-state index contributed by atoms with van der Waals surface area (Å²) in [6, 6.07) is 18.2. The van der Waals surface area contributed by atoms with E-state index in [9.17, 15) is 4.79 Å². The number of methoxy groups -OCH3 is 1. The highest BCUT2D eigenvalue weighted by molar-refractivity contribution is 5.34. The van der Waals surface area contributed by atoms with Gasteiger partial charge in [0.25, 0.3) is 5.56 Å². The molecule has 5 heteroatoms. The quantitative estimate of drug-likeness (QED) is 0.572.